The molecule has 2 N–H and O–H groups in total. The molecule has 1 heterocycles. The number of carbonyl (C=O) groups excluding carboxylic acids is 1. The maximum Gasteiger partial charge on any atom is 0.222 e. The number of hydrogen-bond donors (Lipinski definition) is 2. The summed E-state index contributed by atoms with van der Waals surface area (Å²) in [5, 5.41) is 13.7. The normalized spacial score (nSPS) is 16.8. The summed E-state index contributed by atoms with van der Waals surface area (Å²) in [5.41, 5.74) is 0. The molecule has 2 aromatic rings. The van der Waals surface area contributed by atoms with Crippen molar-refractivity contribution in [2.45, 2.75) is 31.4 Å². The monoisotopic (exact) mass is 446 g/mol. The fourth-order valence-corrected chi connectivity index (χ4v) is 3.67. The van der Waals surface area contributed by atoms with Gasteiger partial charge in [0.1, 0.15) is 42.4 Å². The van der Waals surface area contributed by atoms with Crippen molar-refractivity contribution < 1.29 is 28.5 Å². The average Bonchev–Trinajstić information content (AvgIpc) is 3.15. The largest absolute Gasteiger partial charge is 0.497 e. The first kappa shape index (κ1) is 23.8. The molecule has 2 atom stereocenters. The highest BCUT2D eigenvalue weighted by atomic mass is 19.1. The summed E-state index contributed by atoms with van der Waals surface area (Å²) in [4.78, 5) is 14.0. The van der Waals surface area contributed by atoms with Gasteiger partial charge in [-0.3, -0.25) is 4.79 Å². The second kappa shape index (κ2) is 12.3. The van der Waals surface area contributed by atoms with E-state index in [4.69, 9.17) is 14.2 Å². The number of halogens is 1. The highest BCUT2D eigenvalue weighted by Gasteiger charge is 2.31. The minimum absolute atomic E-state index is 0.0649. The molecule has 1 saturated heterocycles. The maximum absolute atomic E-state index is 12.9. The number of likely N-dealkylation sites (tertiary alicyclic amines) is 1. The standard InChI is InChI=1S/C24H31FN2O5/c1-30-22-3-2-4-23(15-22)32-17-20(28)16-27-19(7-10-24(27)29)11-12-26-13-14-31-21-8-5-18(25)6-9-21/h2-6,8-9,15,19-20,26,28H,7,10-14,16-17H2,1H3/t19-,20-/m1/s1. The van der Waals surface area contributed by atoms with Gasteiger partial charge in [-0.25, -0.2) is 4.39 Å². The zero-order valence-electron chi connectivity index (χ0n) is 18.3. The zero-order valence-corrected chi connectivity index (χ0v) is 18.3. The Morgan fingerprint density at radius 3 is 2.69 bits per heavy atom. The molecule has 0 bridgehead atoms. The van der Waals surface area contributed by atoms with Crippen LogP contribution >= 0.6 is 0 Å². The van der Waals surface area contributed by atoms with Crippen molar-refractivity contribution in [3.05, 3.63) is 54.3 Å². The number of aliphatic hydroxyl groups is 1. The Morgan fingerprint density at radius 2 is 1.91 bits per heavy atom. The molecule has 1 fully saturated rings. The number of ether oxygens (including phenoxy) is 3. The summed E-state index contributed by atoms with van der Waals surface area (Å²) in [6, 6.07) is 13.2. The molecule has 0 aliphatic carbocycles. The first-order chi connectivity index (χ1) is 15.5. The van der Waals surface area contributed by atoms with E-state index in [2.05, 4.69) is 5.32 Å². The van der Waals surface area contributed by atoms with Gasteiger partial charge in [-0.2, -0.15) is 0 Å². The smallest absolute Gasteiger partial charge is 0.222 e. The van der Waals surface area contributed by atoms with Crippen LogP contribution in [0.4, 0.5) is 4.39 Å². The third-order valence-corrected chi connectivity index (χ3v) is 5.36. The van der Waals surface area contributed by atoms with Gasteiger partial charge < -0.3 is 29.5 Å². The predicted octanol–water partition coefficient (Wildman–Crippen LogP) is 2.62. The highest BCUT2D eigenvalue weighted by Crippen LogP contribution is 2.22. The number of amides is 1. The quantitative estimate of drug-likeness (QED) is 0.461. The van der Waals surface area contributed by atoms with Gasteiger partial charge in [-0.05, 0) is 55.8 Å². The Balaban J connectivity index is 1.34. The van der Waals surface area contributed by atoms with E-state index in [-0.39, 0.29) is 30.9 Å². The summed E-state index contributed by atoms with van der Waals surface area (Å²) in [7, 11) is 1.58. The third-order valence-electron chi connectivity index (χ3n) is 5.36. The third kappa shape index (κ3) is 7.39. The minimum atomic E-state index is -0.775. The molecule has 0 unspecified atom stereocenters. The second-order valence-electron chi connectivity index (χ2n) is 7.72. The first-order valence-electron chi connectivity index (χ1n) is 10.9. The molecular formula is C24H31FN2O5. The fraction of sp³-hybridized carbons (Fsp3) is 0.458. The van der Waals surface area contributed by atoms with Gasteiger partial charge >= 0.3 is 0 Å². The molecule has 0 aromatic heterocycles. The molecule has 7 nitrogen and oxygen atoms in total. The molecule has 1 aliphatic heterocycles. The van der Waals surface area contributed by atoms with Gasteiger partial charge in [-0.1, -0.05) is 6.07 Å². The number of β-amino-alcohol motifs (C(OH)–C–C–N with tert-alkyl or cyclic N) is 1. The van der Waals surface area contributed by atoms with E-state index in [1.165, 1.54) is 12.1 Å². The van der Waals surface area contributed by atoms with Crippen LogP contribution in [0, 0.1) is 5.82 Å². The summed E-state index contributed by atoms with van der Waals surface area (Å²) in [6.07, 6.45) is 1.31. The van der Waals surface area contributed by atoms with Gasteiger partial charge in [0.15, 0.2) is 0 Å². The lowest BCUT2D eigenvalue weighted by Gasteiger charge is -2.27. The molecule has 3 rings (SSSR count). The van der Waals surface area contributed by atoms with Crippen molar-refractivity contribution in [2.75, 3.05) is 40.0 Å². The second-order valence-corrected chi connectivity index (χ2v) is 7.72. The average molecular weight is 447 g/mol. The molecular weight excluding hydrogens is 415 g/mol. The fourth-order valence-electron chi connectivity index (χ4n) is 3.67. The van der Waals surface area contributed by atoms with Crippen LogP contribution in [0.2, 0.25) is 0 Å². The summed E-state index contributed by atoms with van der Waals surface area (Å²) < 4.78 is 29.2. The lowest BCUT2D eigenvalue weighted by atomic mass is 10.1. The molecule has 174 valence electrons. The number of benzene rings is 2. The van der Waals surface area contributed by atoms with Gasteiger partial charge in [0.05, 0.1) is 13.7 Å². The maximum atomic E-state index is 12.9. The van der Waals surface area contributed by atoms with E-state index in [9.17, 15) is 14.3 Å². The van der Waals surface area contributed by atoms with Crippen molar-refractivity contribution in [1.82, 2.24) is 10.2 Å². The van der Waals surface area contributed by atoms with E-state index in [0.29, 0.717) is 36.8 Å². The van der Waals surface area contributed by atoms with Crippen LogP contribution < -0.4 is 19.5 Å². The van der Waals surface area contributed by atoms with Gasteiger partial charge in [0, 0.05) is 25.1 Å². The molecule has 8 heteroatoms. The topological polar surface area (TPSA) is 80.3 Å². The molecule has 0 radical (unpaired) electrons. The van der Waals surface area contributed by atoms with Crippen molar-refractivity contribution in [3.63, 3.8) is 0 Å². The Bertz CT molecular complexity index is 849. The molecule has 32 heavy (non-hydrogen) atoms. The lowest BCUT2D eigenvalue weighted by molar-refractivity contribution is -0.130. The number of methoxy groups -OCH3 is 1. The number of nitrogens with one attached hydrogen (secondary N) is 1. The zero-order chi connectivity index (χ0) is 22.8. The summed E-state index contributed by atoms with van der Waals surface area (Å²) >= 11 is 0. The van der Waals surface area contributed by atoms with E-state index in [1.54, 1.807) is 36.3 Å². The van der Waals surface area contributed by atoms with Crippen LogP contribution in [0.15, 0.2) is 48.5 Å². The predicted molar refractivity (Wildman–Crippen MR) is 119 cm³/mol. The number of rotatable bonds is 13. The van der Waals surface area contributed by atoms with E-state index in [0.717, 1.165) is 19.4 Å². The number of carbonyl (C=O) groups is 1. The minimum Gasteiger partial charge on any atom is -0.497 e. The van der Waals surface area contributed by atoms with E-state index < -0.39 is 6.10 Å². The molecule has 0 saturated carbocycles. The van der Waals surface area contributed by atoms with Crippen molar-refractivity contribution in [2.24, 2.45) is 0 Å². The highest BCUT2D eigenvalue weighted by molar-refractivity contribution is 5.78. The number of nitrogens with zero attached hydrogens (tertiary/aromatic N) is 1. The van der Waals surface area contributed by atoms with Crippen molar-refractivity contribution in [1.29, 1.82) is 0 Å². The number of aliphatic hydroxyl groups excluding tert-OH is 1. The molecule has 2 aromatic carbocycles. The Morgan fingerprint density at radius 1 is 1.12 bits per heavy atom. The molecule has 0 spiro atoms. The first-order valence-corrected chi connectivity index (χ1v) is 10.9. The SMILES string of the molecule is COc1cccc(OC[C@H](O)CN2C(=O)CC[C@@H]2CCNCCOc2ccc(F)cc2)c1. The van der Waals surface area contributed by atoms with Crippen LogP contribution in [0.5, 0.6) is 17.2 Å². The Kier molecular flexibility index (Phi) is 9.13. The van der Waals surface area contributed by atoms with Crippen molar-refractivity contribution >= 4 is 5.91 Å². The Hall–Kier alpha value is -2.84. The van der Waals surface area contributed by atoms with E-state index in [1.807, 2.05) is 12.1 Å². The van der Waals surface area contributed by atoms with Gasteiger partial charge in [-0.15, -0.1) is 0 Å². The summed E-state index contributed by atoms with van der Waals surface area (Å²) in [5.74, 6) is 1.70. The number of hydrogen-bond acceptors (Lipinski definition) is 6. The molecule has 1 amide bonds. The van der Waals surface area contributed by atoms with Crippen LogP contribution in [0.1, 0.15) is 19.3 Å². The van der Waals surface area contributed by atoms with Crippen LogP contribution in [0.25, 0.3) is 0 Å². The molecule has 1 aliphatic rings. The Labute approximate surface area is 188 Å². The van der Waals surface area contributed by atoms with Crippen LogP contribution in [-0.4, -0.2) is 68.0 Å². The summed E-state index contributed by atoms with van der Waals surface area (Å²) in [6.45, 7) is 2.20. The van der Waals surface area contributed by atoms with Crippen LogP contribution in [0.3, 0.4) is 0 Å². The van der Waals surface area contributed by atoms with Crippen LogP contribution in [-0.2, 0) is 4.79 Å². The van der Waals surface area contributed by atoms with Crippen molar-refractivity contribution in [3.8, 4) is 17.2 Å². The van der Waals surface area contributed by atoms with Gasteiger partial charge in [0.2, 0.25) is 5.91 Å². The lowest BCUT2D eigenvalue weighted by Crippen LogP contribution is -2.42. The van der Waals surface area contributed by atoms with Gasteiger partial charge in [0.25, 0.3) is 0 Å². The van der Waals surface area contributed by atoms with E-state index >= 15 is 0 Å².